The standard InChI is InChI=1S/C13H21BrN2O2S/c1-8-7-19-10(11(8)14)5-9(15)6-16-12(17)18-13(2,3)4/h7,9H,5-6,15H2,1-4H3,(H,16,17). The first-order valence-electron chi connectivity index (χ1n) is 6.14. The third-order valence-corrected chi connectivity index (χ3v) is 4.82. The first kappa shape index (κ1) is 16.5. The van der Waals surface area contributed by atoms with Crippen LogP contribution in [0.5, 0.6) is 0 Å². The lowest BCUT2D eigenvalue weighted by molar-refractivity contribution is 0.0524. The number of hydrogen-bond acceptors (Lipinski definition) is 4. The Hall–Kier alpha value is -0.590. The van der Waals surface area contributed by atoms with Crippen molar-refractivity contribution < 1.29 is 9.53 Å². The molecule has 1 amide bonds. The molecule has 4 nitrogen and oxygen atoms in total. The van der Waals surface area contributed by atoms with Crippen LogP contribution < -0.4 is 11.1 Å². The molecule has 0 spiro atoms. The summed E-state index contributed by atoms with van der Waals surface area (Å²) in [6.07, 6.45) is 0.305. The Morgan fingerprint density at radius 1 is 1.58 bits per heavy atom. The molecule has 0 aliphatic carbocycles. The van der Waals surface area contributed by atoms with Gasteiger partial charge in [0.2, 0.25) is 0 Å². The van der Waals surface area contributed by atoms with Gasteiger partial charge in [0.15, 0.2) is 0 Å². The molecule has 0 saturated heterocycles. The predicted octanol–water partition coefficient (Wildman–Crippen LogP) is 3.21. The minimum atomic E-state index is -0.484. The van der Waals surface area contributed by atoms with E-state index >= 15 is 0 Å². The molecule has 0 fully saturated rings. The van der Waals surface area contributed by atoms with Crippen LogP contribution in [0.3, 0.4) is 0 Å². The zero-order valence-corrected chi connectivity index (χ0v) is 14.2. The van der Waals surface area contributed by atoms with Gasteiger partial charge in [0, 0.05) is 21.9 Å². The Bertz CT molecular complexity index is 440. The normalized spacial score (nSPS) is 13.2. The number of amides is 1. The number of alkyl carbamates (subject to hydrolysis) is 1. The van der Waals surface area contributed by atoms with Crippen LogP contribution in [-0.2, 0) is 11.2 Å². The van der Waals surface area contributed by atoms with Gasteiger partial charge < -0.3 is 15.8 Å². The second kappa shape index (κ2) is 6.72. The number of carbonyl (C=O) groups is 1. The molecule has 1 heterocycles. The maximum atomic E-state index is 11.5. The maximum absolute atomic E-state index is 11.5. The van der Waals surface area contributed by atoms with Crippen molar-refractivity contribution in [2.75, 3.05) is 6.54 Å². The van der Waals surface area contributed by atoms with E-state index in [1.54, 1.807) is 11.3 Å². The van der Waals surface area contributed by atoms with E-state index in [1.807, 2.05) is 20.8 Å². The number of hydrogen-bond donors (Lipinski definition) is 2. The highest BCUT2D eigenvalue weighted by Gasteiger charge is 2.17. The molecule has 108 valence electrons. The van der Waals surface area contributed by atoms with Crippen molar-refractivity contribution in [3.8, 4) is 0 Å². The van der Waals surface area contributed by atoms with E-state index in [9.17, 15) is 4.79 Å². The highest BCUT2D eigenvalue weighted by molar-refractivity contribution is 9.10. The molecule has 1 rings (SSSR count). The molecular weight excluding hydrogens is 328 g/mol. The number of carbonyl (C=O) groups excluding carboxylic acids is 1. The lowest BCUT2D eigenvalue weighted by atomic mass is 10.2. The fourth-order valence-electron chi connectivity index (χ4n) is 1.46. The zero-order valence-electron chi connectivity index (χ0n) is 11.7. The number of ether oxygens (including phenoxy) is 1. The SMILES string of the molecule is Cc1csc(CC(N)CNC(=O)OC(C)(C)C)c1Br. The van der Waals surface area contributed by atoms with E-state index in [4.69, 9.17) is 10.5 Å². The van der Waals surface area contributed by atoms with Gasteiger partial charge in [-0.1, -0.05) is 0 Å². The zero-order chi connectivity index (χ0) is 14.6. The second-order valence-electron chi connectivity index (χ2n) is 5.50. The van der Waals surface area contributed by atoms with Crippen LogP contribution in [-0.4, -0.2) is 24.3 Å². The lowest BCUT2D eigenvalue weighted by Gasteiger charge is -2.20. The maximum Gasteiger partial charge on any atom is 0.407 e. The topological polar surface area (TPSA) is 64.3 Å². The van der Waals surface area contributed by atoms with Gasteiger partial charge >= 0.3 is 6.09 Å². The summed E-state index contributed by atoms with van der Waals surface area (Å²) in [5.41, 5.74) is 6.74. The summed E-state index contributed by atoms with van der Waals surface area (Å²) >= 11 is 5.22. The van der Waals surface area contributed by atoms with E-state index in [0.717, 1.165) is 10.9 Å². The summed E-state index contributed by atoms with van der Waals surface area (Å²) in [5.74, 6) is 0. The molecule has 1 aromatic heterocycles. The van der Waals surface area contributed by atoms with Gasteiger partial charge in [-0.25, -0.2) is 4.79 Å². The van der Waals surface area contributed by atoms with Crippen molar-refractivity contribution >= 4 is 33.4 Å². The summed E-state index contributed by atoms with van der Waals surface area (Å²) in [7, 11) is 0. The Balaban J connectivity index is 2.38. The second-order valence-corrected chi connectivity index (χ2v) is 7.26. The van der Waals surface area contributed by atoms with E-state index < -0.39 is 11.7 Å². The van der Waals surface area contributed by atoms with E-state index in [1.165, 1.54) is 10.4 Å². The predicted molar refractivity (Wildman–Crippen MR) is 82.7 cm³/mol. The molecule has 0 aromatic carbocycles. The molecule has 1 atom stereocenters. The summed E-state index contributed by atoms with van der Waals surface area (Å²) in [6.45, 7) is 7.95. The van der Waals surface area contributed by atoms with Gasteiger partial charge in [-0.05, 0) is 61.0 Å². The fourth-order valence-corrected chi connectivity index (χ4v) is 3.18. The van der Waals surface area contributed by atoms with Gasteiger partial charge in [-0.15, -0.1) is 11.3 Å². The van der Waals surface area contributed by atoms with Crippen LogP contribution in [0.15, 0.2) is 9.85 Å². The van der Waals surface area contributed by atoms with Gasteiger partial charge in [-0.2, -0.15) is 0 Å². The van der Waals surface area contributed by atoms with Crippen LogP contribution in [0.25, 0.3) is 0 Å². The first-order valence-corrected chi connectivity index (χ1v) is 7.81. The van der Waals surface area contributed by atoms with Gasteiger partial charge in [0.1, 0.15) is 5.60 Å². The number of halogens is 1. The van der Waals surface area contributed by atoms with Crippen LogP contribution in [0.1, 0.15) is 31.2 Å². The molecule has 0 bridgehead atoms. The van der Waals surface area contributed by atoms with Gasteiger partial charge in [0.05, 0.1) is 0 Å². The van der Waals surface area contributed by atoms with Crippen LogP contribution in [0.2, 0.25) is 0 Å². The molecule has 0 saturated carbocycles. The highest BCUT2D eigenvalue weighted by Crippen LogP contribution is 2.28. The molecule has 19 heavy (non-hydrogen) atoms. The summed E-state index contributed by atoms with van der Waals surface area (Å²) in [6, 6.07) is -0.123. The van der Waals surface area contributed by atoms with Crippen molar-refractivity contribution in [1.29, 1.82) is 0 Å². The number of rotatable bonds is 4. The van der Waals surface area contributed by atoms with Gasteiger partial charge in [-0.3, -0.25) is 0 Å². The molecule has 1 aromatic rings. The minimum absolute atomic E-state index is 0.123. The lowest BCUT2D eigenvalue weighted by Crippen LogP contribution is -2.41. The number of nitrogens with one attached hydrogen (secondary N) is 1. The van der Waals surface area contributed by atoms with Crippen LogP contribution in [0.4, 0.5) is 4.79 Å². The third kappa shape index (κ3) is 5.93. The number of nitrogens with two attached hydrogens (primary N) is 1. The largest absolute Gasteiger partial charge is 0.444 e. The van der Waals surface area contributed by atoms with Gasteiger partial charge in [0.25, 0.3) is 0 Å². The Morgan fingerprint density at radius 2 is 2.21 bits per heavy atom. The average molecular weight is 349 g/mol. The Labute approximate surface area is 126 Å². The van der Waals surface area contributed by atoms with Crippen LogP contribution >= 0.6 is 27.3 Å². The van der Waals surface area contributed by atoms with Crippen molar-refractivity contribution in [3.05, 3.63) is 20.3 Å². The number of thiophene rings is 1. The minimum Gasteiger partial charge on any atom is -0.444 e. The molecule has 3 N–H and O–H groups in total. The van der Waals surface area contributed by atoms with E-state index in [-0.39, 0.29) is 6.04 Å². The summed E-state index contributed by atoms with van der Waals surface area (Å²) in [5, 5.41) is 4.78. The highest BCUT2D eigenvalue weighted by atomic mass is 79.9. The molecule has 1 unspecified atom stereocenters. The van der Waals surface area contributed by atoms with Crippen molar-refractivity contribution in [2.45, 2.75) is 45.8 Å². The molecular formula is C13H21BrN2O2S. The monoisotopic (exact) mass is 348 g/mol. The molecule has 0 aliphatic rings. The van der Waals surface area contributed by atoms with Crippen molar-refractivity contribution in [1.82, 2.24) is 5.32 Å². The fraction of sp³-hybridized carbons (Fsp3) is 0.615. The molecule has 0 radical (unpaired) electrons. The summed E-state index contributed by atoms with van der Waals surface area (Å²) in [4.78, 5) is 12.7. The van der Waals surface area contributed by atoms with Crippen molar-refractivity contribution in [3.63, 3.8) is 0 Å². The van der Waals surface area contributed by atoms with Crippen LogP contribution in [0, 0.1) is 6.92 Å². The van der Waals surface area contributed by atoms with Crippen molar-refractivity contribution in [2.24, 2.45) is 5.73 Å². The smallest absolute Gasteiger partial charge is 0.407 e. The average Bonchev–Trinajstić information content (AvgIpc) is 2.56. The Kier molecular flexibility index (Phi) is 5.82. The summed E-state index contributed by atoms with van der Waals surface area (Å²) < 4.78 is 6.27. The third-order valence-electron chi connectivity index (χ3n) is 2.32. The first-order chi connectivity index (χ1) is 8.69. The quantitative estimate of drug-likeness (QED) is 0.877. The number of aryl methyl sites for hydroxylation is 1. The molecule has 6 heteroatoms. The van der Waals surface area contributed by atoms with E-state index in [2.05, 4.69) is 33.6 Å². The Morgan fingerprint density at radius 3 is 2.68 bits per heavy atom. The van der Waals surface area contributed by atoms with E-state index in [0.29, 0.717) is 6.54 Å². The molecule has 0 aliphatic heterocycles.